The fraction of sp³-hybridized carbons (Fsp3) is 0.680. The van der Waals surface area contributed by atoms with Crippen molar-refractivity contribution in [3.63, 3.8) is 0 Å². The molecule has 1 rings (SSSR count). The van der Waals surface area contributed by atoms with Crippen LogP contribution < -0.4 is 4.90 Å². The van der Waals surface area contributed by atoms with Crippen LogP contribution in [0.2, 0.25) is 0 Å². The lowest BCUT2D eigenvalue weighted by atomic mass is 10.1. The molecule has 0 radical (unpaired) electrons. The van der Waals surface area contributed by atoms with Gasteiger partial charge in [-0.3, -0.25) is 4.90 Å². The smallest absolute Gasteiger partial charge is 0.414 e. The van der Waals surface area contributed by atoms with Gasteiger partial charge in [-0.05, 0) is 63.0 Å². The molecular formula is C25H42N2O4. The molecule has 0 atom stereocenters. The molecule has 0 aromatic heterocycles. The highest BCUT2D eigenvalue weighted by atomic mass is 16.6. The Balaban J connectivity index is 2.62. The fourth-order valence-electron chi connectivity index (χ4n) is 3.43. The molecule has 1 aromatic rings. The Morgan fingerprint density at radius 3 is 1.90 bits per heavy atom. The first-order valence-corrected chi connectivity index (χ1v) is 12.0. The number of aromatic carboxylic acids is 1. The third-order valence-electron chi connectivity index (χ3n) is 5.38. The van der Waals surface area contributed by atoms with Crippen LogP contribution in [0.4, 0.5) is 10.5 Å². The molecule has 0 aliphatic rings. The number of carbonyl (C=O) groups excluding carboxylic acids is 1. The van der Waals surface area contributed by atoms with Crippen molar-refractivity contribution >= 4 is 17.7 Å². The van der Waals surface area contributed by atoms with Gasteiger partial charge in [0.25, 0.3) is 0 Å². The molecule has 0 spiro atoms. The summed E-state index contributed by atoms with van der Waals surface area (Å²) in [6.45, 7) is 10.7. The molecule has 6 heteroatoms. The molecular weight excluding hydrogens is 392 g/mol. The van der Waals surface area contributed by atoms with E-state index in [9.17, 15) is 9.59 Å². The van der Waals surface area contributed by atoms with Crippen LogP contribution in [-0.2, 0) is 4.74 Å². The van der Waals surface area contributed by atoms with E-state index >= 15 is 0 Å². The molecule has 0 saturated carbocycles. The van der Waals surface area contributed by atoms with Gasteiger partial charge in [0.2, 0.25) is 0 Å². The SMILES string of the molecule is CCCCCCN(C(=O)OCCCN(CCCC)CCCC)c1ccc(C(=O)O)cc1. The number of hydrogen-bond acceptors (Lipinski definition) is 4. The molecule has 0 fully saturated rings. The number of unbranched alkanes of at least 4 members (excludes halogenated alkanes) is 5. The summed E-state index contributed by atoms with van der Waals surface area (Å²) in [5, 5.41) is 9.11. The number of carbonyl (C=O) groups is 2. The van der Waals surface area contributed by atoms with Gasteiger partial charge in [0.1, 0.15) is 0 Å². The molecule has 6 nitrogen and oxygen atoms in total. The first kappa shape index (κ1) is 27.0. The van der Waals surface area contributed by atoms with Gasteiger partial charge in [0, 0.05) is 18.8 Å². The second-order valence-electron chi connectivity index (χ2n) is 8.08. The number of carboxylic acid groups (broad SMARTS) is 1. The zero-order valence-electron chi connectivity index (χ0n) is 19.8. The summed E-state index contributed by atoms with van der Waals surface area (Å²) in [4.78, 5) is 28.0. The lowest BCUT2D eigenvalue weighted by molar-refractivity contribution is 0.0697. The summed E-state index contributed by atoms with van der Waals surface area (Å²) in [5.74, 6) is -0.973. The van der Waals surface area contributed by atoms with Crippen molar-refractivity contribution in [3.8, 4) is 0 Å². The summed E-state index contributed by atoms with van der Waals surface area (Å²) in [7, 11) is 0. The highest BCUT2D eigenvalue weighted by Gasteiger charge is 2.17. The molecule has 0 aliphatic heterocycles. The summed E-state index contributed by atoms with van der Waals surface area (Å²) in [6.07, 6.45) is 9.44. The van der Waals surface area contributed by atoms with Gasteiger partial charge in [0.15, 0.2) is 0 Å². The second kappa shape index (κ2) is 16.6. The Hall–Kier alpha value is -2.08. The van der Waals surface area contributed by atoms with Crippen LogP contribution in [0, 0.1) is 0 Å². The normalized spacial score (nSPS) is 11.0. The maximum absolute atomic E-state index is 12.8. The Kier molecular flexibility index (Phi) is 14.4. The largest absolute Gasteiger partial charge is 0.478 e. The minimum absolute atomic E-state index is 0.210. The molecule has 0 bridgehead atoms. The summed E-state index contributed by atoms with van der Waals surface area (Å²) in [5.41, 5.74) is 0.890. The van der Waals surface area contributed by atoms with Gasteiger partial charge in [-0.2, -0.15) is 0 Å². The maximum atomic E-state index is 12.8. The Morgan fingerprint density at radius 1 is 0.774 bits per heavy atom. The van der Waals surface area contributed by atoms with Crippen molar-refractivity contribution in [2.75, 3.05) is 37.7 Å². The molecule has 1 N–H and O–H groups in total. The Bertz CT molecular complexity index is 610. The van der Waals surface area contributed by atoms with E-state index in [0.717, 1.165) is 51.7 Å². The quantitative estimate of drug-likeness (QED) is 0.296. The monoisotopic (exact) mass is 434 g/mol. The third-order valence-corrected chi connectivity index (χ3v) is 5.38. The van der Waals surface area contributed by atoms with E-state index in [1.807, 2.05) is 0 Å². The number of rotatable bonds is 17. The van der Waals surface area contributed by atoms with Gasteiger partial charge in [-0.1, -0.05) is 52.9 Å². The number of benzene rings is 1. The van der Waals surface area contributed by atoms with Gasteiger partial charge in [-0.15, -0.1) is 0 Å². The predicted octanol–water partition coefficient (Wildman–Crippen LogP) is 6.20. The molecule has 0 heterocycles. The standard InChI is InChI=1S/C25H42N2O4/c1-4-7-10-11-20-27(23-15-13-22(14-16-23)24(28)29)25(30)31-21-12-19-26(17-8-5-2)18-9-6-3/h13-16H,4-12,17-21H2,1-3H3,(H,28,29). The number of hydrogen-bond donors (Lipinski definition) is 1. The number of amides is 1. The van der Waals surface area contributed by atoms with Gasteiger partial charge >= 0.3 is 12.1 Å². The Labute approximate surface area is 188 Å². The lowest BCUT2D eigenvalue weighted by Crippen LogP contribution is -2.33. The number of nitrogens with zero attached hydrogens (tertiary/aromatic N) is 2. The Morgan fingerprint density at radius 2 is 1.35 bits per heavy atom. The van der Waals surface area contributed by atoms with Crippen molar-refractivity contribution in [3.05, 3.63) is 29.8 Å². The number of anilines is 1. The number of carboxylic acids is 1. The summed E-state index contributed by atoms with van der Waals surface area (Å²) in [6, 6.07) is 6.43. The third kappa shape index (κ3) is 11.2. The first-order valence-electron chi connectivity index (χ1n) is 12.0. The summed E-state index contributed by atoms with van der Waals surface area (Å²) < 4.78 is 5.60. The van der Waals surface area contributed by atoms with E-state index in [0.29, 0.717) is 18.8 Å². The van der Waals surface area contributed by atoms with Gasteiger partial charge in [-0.25, -0.2) is 9.59 Å². The van der Waals surface area contributed by atoms with E-state index in [-0.39, 0.29) is 11.7 Å². The molecule has 1 amide bonds. The van der Waals surface area contributed by atoms with Gasteiger partial charge in [0.05, 0.1) is 12.2 Å². The minimum Gasteiger partial charge on any atom is -0.478 e. The zero-order valence-corrected chi connectivity index (χ0v) is 19.8. The predicted molar refractivity (Wildman–Crippen MR) is 127 cm³/mol. The molecule has 31 heavy (non-hydrogen) atoms. The van der Waals surface area contributed by atoms with Crippen LogP contribution in [0.25, 0.3) is 0 Å². The van der Waals surface area contributed by atoms with Crippen LogP contribution in [-0.4, -0.2) is 54.9 Å². The van der Waals surface area contributed by atoms with E-state index < -0.39 is 5.97 Å². The molecule has 0 unspecified atom stereocenters. The van der Waals surface area contributed by atoms with Crippen LogP contribution >= 0.6 is 0 Å². The van der Waals surface area contributed by atoms with Crippen molar-refractivity contribution in [1.82, 2.24) is 4.90 Å². The highest BCUT2D eigenvalue weighted by molar-refractivity contribution is 5.90. The van der Waals surface area contributed by atoms with E-state index in [1.54, 1.807) is 17.0 Å². The molecule has 1 aromatic carbocycles. The van der Waals surface area contributed by atoms with Crippen LogP contribution in [0.3, 0.4) is 0 Å². The first-order chi connectivity index (χ1) is 15.0. The van der Waals surface area contributed by atoms with Crippen molar-refractivity contribution < 1.29 is 19.4 Å². The molecule has 0 saturated heterocycles. The van der Waals surface area contributed by atoms with Crippen LogP contribution in [0.1, 0.15) is 88.9 Å². The minimum atomic E-state index is -0.973. The van der Waals surface area contributed by atoms with Crippen LogP contribution in [0.15, 0.2) is 24.3 Å². The second-order valence-corrected chi connectivity index (χ2v) is 8.08. The average molecular weight is 435 g/mol. The van der Waals surface area contributed by atoms with Crippen molar-refractivity contribution in [2.45, 2.75) is 78.6 Å². The fourth-order valence-corrected chi connectivity index (χ4v) is 3.43. The van der Waals surface area contributed by atoms with Crippen molar-refractivity contribution in [1.29, 1.82) is 0 Å². The zero-order chi connectivity index (χ0) is 22.9. The van der Waals surface area contributed by atoms with E-state index in [4.69, 9.17) is 9.84 Å². The van der Waals surface area contributed by atoms with Crippen molar-refractivity contribution in [2.24, 2.45) is 0 Å². The summed E-state index contributed by atoms with van der Waals surface area (Å²) >= 11 is 0. The number of ether oxygens (including phenoxy) is 1. The average Bonchev–Trinajstić information content (AvgIpc) is 2.78. The topological polar surface area (TPSA) is 70.1 Å². The highest BCUT2D eigenvalue weighted by Crippen LogP contribution is 2.18. The lowest BCUT2D eigenvalue weighted by Gasteiger charge is -2.24. The van der Waals surface area contributed by atoms with Crippen LogP contribution in [0.5, 0.6) is 0 Å². The molecule has 0 aliphatic carbocycles. The molecule has 176 valence electrons. The maximum Gasteiger partial charge on any atom is 0.414 e. The van der Waals surface area contributed by atoms with E-state index in [1.165, 1.54) is 37.8 Å². The van der Waals surface area contributed by atoms with Gasteiger partial charge < -0.3 is 14.7 Å². The van der Waals surface area contributed by atoms with E-state index in [2.05, 4.69) is 25.7 Å².